The molecule has 135 valence electrons. The number of rotatable bonds is 4. The Bertz CT molecular complexity index is 451. The Morgan fingerprint density at radius 2 is 1.54 bits per heavy atom. The molecule has 1 N–H and O–H groups in total. The Hall–Kier alpha value is -1.18. The van der Waals surface area contributed by atoms with Crippen LogP contribution in [0.1, 0.15) is 44.9 Å². The molecule has 0 aliphatic carbocycles. The molecule has 3 fully saturated rings. The summed E-state index contributed by atoms with van der Waals surface area (Å²) < 4.78 is 0.502. The zero-order valence-electron chi connectivity index (χ0n) is 14.5. The second-order valence-corrected chi connectivity index (χ2v) is 7.62. The summed E-state index contributed by atoms with van der Waals surface area (Å²) in [6.07, 6.45) is 5.74. The van der Waals surface area contributed by atoms with Gasteiger partial charge in [0.2, 0.25) is 0 Å². The van der Waals surface area contributed by atoms with E-state index in [9.17, 15) is 14.7 Å². The number of quaternary nitrogens is 2. The van der Waals surface area contributed by atoms with Gasteiger partial charge >= 0.3 is 12.6 Å². The van der Waals surface area contributed by atoms with Crippen molar-refractivity contribution < 1.29 is 28.7 Å². The van der Waals surface area contributed by atoms with Gasteiger partial charge in [-0.2, -0.15) is 9.90 Å². The number of hydroxylamine groups is 3. The van der Waals surface area contributed by atoms with E-state index in [1.54, 1.807) is 0 Å². The molecule has 0 aromatic carbocycles. The number of amides is 1. The number of nitrogens with one attached hydrogen (secondary N) is 1. The first kappa shape index (κ1) is 17.6. The fourth-order valence-corrected chi connectivity index (χ4v) is 5.17. The van der Waals surface area contributed by atoms with Crippen molar-refractivity contribution in [1.82, 2.24) is 5.32 Å². The van der Waals surface area contributed by atoms with Gasteiger partial charge in [0.05, 0.1) is 25.9 Å². The largest absolute Gasteiger partial charge is 0.557 e. The molecule has 0 bridgehead atoms. The van der Waals surface area contributed by atoms with E-state index in [-0.39, 0.29) is 16.6 Å². The molecule has 0 aromatic rings. The van der Waals surface area contributed by atoms with Crippen molar-refractivity contribution in [1.29, 1.82) is 0 Å². The Balaban J connectivity index is 1.72. The third-order valence-corrected chi connectivity index (χ3v) is 6.59. The minimum atomic E-state index is -0.929. The average Bonchev–Trinajstić information content (AvgIpc) is 2.63. The first-order valence-corrected chi connectivity index (χ1v) is 9.41. The minimum Gasteiger partial charge on any atom is -0.316 e. The summed E-state index contributed by atoms with van der Waals surface area (Å²) >= 11 is 0. The zero-order valence-corrected chi connectivity index (χ0v) is 14.5. The van der Waals surface area contributed by atoms with Gasteiger partial charge in [-0.05, 0) is 6.42 Å². The smallest absolute Gasteiger partial charge is 0.316 e. The molecule has 3 heterocycles. The minimum absolute atomic E-state index is 0.0965. The topological polar surface area (TPSA) is 75.3 Å². The van der Waals surface area contributed by atoms with Gasteiger partial charge in [0.15, 0.2) is 0 Å². The van der Waals surface area contributed by atoms with E-state index in [1.165, 1.54) is 6.42 Å². The number of hydrogen-bond acceptors (Lipinski definition) is 4. The summed E-state index contributed by atoms with van der Waals surface area (Å²) in [6.45, 7) is 5.27. The average molecular weight is 340 g/mol. The first-order valence-electron chi connectivity index (χ1n) is 9.41. The highest BCUT2D eigenvalue weighted by atomic mass is 16.7. The lowest BCUT2D eigenvalue weighted by molar-refractivity contribution is -1.11. The second-order valence-electron chi connectivity index (χ2n) is 7.62. The zero-order chi connectivity index (χ0) is 17.0. The van der Waals surface area contributed by atoms with Crippen molar-refractivity contribution in [3.63, 3.8) is 0 Å². The van der Waals surface area contributed by atoms with Crippen molar-refractivity contribution in [3.8, 4) is 0 Å². The number of nitrogens with zero attached hydrogens (tertiary/aromatic N) is 2. The van der Waals surface area contributed by atoms with E-state index >= 15 is 0 Å². The number of carbonyl (C=O) groups is 2. The maximum atomic E-state index is 12.0. The van der Waals surface area contributed by atoms with Crippen molar-refractivity contribution in [2.75, 3.05) is 39.3 Å². The summed E-state index contributed by atoms with van der Waals surface area (Å²) in [7, 11) is 0. The van der Waals surface area contributed by atoms with Gasteiger partial charge in [-0.1, -0.05) is 0 Å². The summed E-state index contributed by atoms with van der Waals surface area (Å²) in [6, 6.07) is 0.377. The van der Waals surface area contributed by atoms with Crippen LogP contribution in [0.15, 0.2) is 0 Å². The monoisotopic (exact) mass is 340 g/mol. The molecule has 0 spiro atoms. The molecule has 3 saturated heterocycles. The highest BCUT2D eigenvalue weighted by Crippen LogP contribution is 2.35. The van der Waals surface area contributed by atoms with E-state index < -0.39 is 6.09 Å². The quantitative estimate of drug-likeness (QED) is 0.619. The van der Waals surface area contributed by atoms with Gasteiger partial charge in [0, 0.05) is 38.8 Å². The van der Waals surface area contributed by atoms with Gasteiger partial charge in [-0.3, -0.25) is 4.84 Å². The third kappa shape index (κ3) is 3.17. The Morgan fingerprint density at radius 1 is 0.917 bits per heavy atom. The van der Waals surface area contributed by atoms with Crippen LogP contribution in [0, 0.1) is 0 Å². The molecule has 7 heteroatoms. The van der Waals surface area contributed by atoms with Crippen LogP contribution in [0.4, 0.5) is 4.79 Å². The summed E-state index contributed by atoms with van der Waals surface area (Å²) in [5.41, 5.74) is 0. The van der Waals surface area contributed by atoms with E-state index in [4.69, 9.17) is 4.84 Å². The van der Waals surface area contributed by atoms with Crippen molar-refractivity contribution in [2.45, 2.75) is 57.0 Å². The van der Waals surface area contributed by atoms with Crippen LogP contribution in [0.5, 0.6) is 0 Å². The van der Waals surface area contributed by atoms with Crippen molar-refractivity contribution >= 4 is 12.6 Å². The Labute approximate surface area is 143 Å². The van der Waals surface area contributed by atoms with Crippen LogP contribution < -0.4 is 5.32 Å². The van der Waals surface area contributed by atoms with Gasteiger partial charge in [0.25, 0.3) is 0 Å². The van der Waals surface area contributed by atoms with Crippen LogP contribution in [0.25, 0.3) is 0 Å². The molecule has 3 rings (SSSR count). The van der Waals surface area contributed by atoms with E-state index in [2.05, 4.69) is 5.32 Å². The molecule has 7 nitrogen and oxygen atoms in total. The molecular formula is C17H30N3O4+2. The molecule has 0 aromatic heterocycles. The molecule has 3 aliphatic heterocycles. The highest BCUT2D eigenvalue weighted by Gasteiger charge is 2.53. The molecule has 1 amide bonds. The molecule has 1 radical (unpaired) electrons. The van der Waals surface area contributed by atoms with E-state index in [0.717, 1.165) is 64.7 Å². The van der Waals surface area contributed by atoms with Crippen LogP contribution in [0.3, 0.4) is 0 Å². The van der Waals surface area contributed by atoms with E-state index in [0.29, 0.717) is 24.2 Å². The lowest BCUT2D eigenvalue weighted by atomic mass is 9.93. The Morgan fingerprint density at radius 3 is 2.08 bits per heavy atom. The maximum absolute atomic E-state index is 12.0. The van der Waals surface area contributed by atoms with E-state index in [1.807, 2.05) is 0 Å². The number of carbonyl (C=O) groups excluding carboxylic acids is 2. The van der Waals surface area contributed by atoms with Gasteiger partial charge in [-0.15, -0.1) is 4.65 Å². The SMILES string of the molecule is [O]C(=O)[N+]1(C2CCNCC2)CCC([N+]2(OC=O)CCCCC2)CC1. The Kier molecular flexibility index (Phi) is 5.42. The molecule has 0 saturated carbocycles. The predicted octanol–water partition coefficient (Wildman–Crippen LogP) is 1.36. The third-order valence-electron chi connectivity index (χ3n) is 6.59. The lowest BCUT2D eigenvalue weighted by Crippen LogP contribution is -2.68. The van der Waals surface area contributed by atoms with Gasteiger partial charge < -0.3 is 5.32 Å². The molecule has 0 unspecified atom stereocenters. The van der Waals surface area contributed by atoms with Crippen LogP contribution in [-0.2, 0) is 14.7 Å². The fourth-order valence-electron chi connectivity index (χ4n) is 5.17. The summed E-state index contributed by atoms with van der Waals surface area (Å²) in [4.78, 5) is 28.6. The number of piperidine rings is 3. The van der Waals surface area contributed by atoms with Crippen LogP contribution in [0.2, 0.25) is 0 Å². The highest BCUT2D eigenvalue weighted by molar-refractivity contribution is 5.56. The van der Waals surface area contributed by atoms with Crippen molar-refractivity contribution in [3.05, 3.63) is 0 Å². The molecule has 3 aliphatic rings. The lowest BCUT2D eigenvalue weighted by Gasteiger charge is -2.49. The van der Waals surface area contributed by atoms with Crippen LogP contribution in [-0.4, -0.2) is 73.0 Å². The number of likely N-dealkylation sites (tertiary alicyclic amines) is 2. The van der Waals surface area contributed by atoms with Gasteiger partial charge in [-0.25, -0.2) is 9.28 Å². The molecule has 0 atom stereocenters. The summed E-state index contributed by atoms with van der Waals surface area (Å²) in [5.74, 6) is 0. The van der Waals surface area contributed by atoms with Crippen molar-refractivity contribution in [2.24, 2.45) is 0 Å². The second kappa shape index (κ2) is 7.37. The standard InChI is InChI=1S/C17H30N3O4/c21-14-24-20(10-2-1-3-11-20)16-6-12-19(13-7-16,17(22)23)15-4-8-18-9-5-15/h14-16,18H,1-13H2/q+2. The normalized spacial score (nSPS) is 34.4. The first-order chi connectivity index (χ1) is 11.6. The fraction of sp³-hybridized carbons (Fsp3) is 0.882. The maximum Gasteiger partial charge on any atom is 0.557 e. The molecular weight excluding hydrogens is 310 g/mol. The van der Waals surface area contributed by atoms with Gasteiger partial charge in [0.1, 0.15) is 25.2 Å². The molecule has 24 heavy (non-hydrogen) atoms. The van der Waals surface area contributed by atoms with Crippen LogP contribution >= 0.6 is 0 Å². The number of hydrogen-bond donors (Lipinski definition) is 1. The summed E-state index contributed by atoms with van der Waals surface area (Å²) in [5, 5.41) is 15.3. The predicted molar refractivity (Wildman–Crippen MR) is 86.0 cm³/mol.